The van der Waals surface area contributed by atoms with Crippen molar-refractivity contribution in [2.75, 3.05) is 25.0 Å². The number of thiazole rings is 1. The van der Waals surface area contributed by atoms with Crippen LogP contribution in [0.2, 0.25) is 0 Å². The topological polar surface area (TPSA) is 75.9 Å². The molecular weight excluding hydrogens is 510 g/mol. The minimum absolute atomic E-state index is 0. The first-order valence-corrected chi connectivity index (χ1v) is 12.6. The Morgan fingerprint density at radius 2 is 1.91 bits per heavy atom. The summed E-state index contributed by atoms with van der Waals surface area (Å²) in [6.45, 7) is 5.24. The summed E-state index contributed by atoms with van der Waals surface area (Å²) in [4.78, 5) is 25.8. The summed E-state index contributed by atoms with van der Waals surface area (Å²) in [5.41, 5.74) is 2.28. The van der Waals surface area contributed by atoms with Crippen LogP contribution in [0.3, 0.4) is 0 Å². The maximum atomic E-state index is 13.2. The van der Waals surface area contributed by atoms with Gasteiger partial charge in [0.1, 0.15) is 5.82 Å². The second-order valence-electron chi connectivity index (χ2n) is 8.95. The third kappa shape index (κ3) is 6.20. The summed E-state index contributed by atoms with van der Waals surface area (Å²) in [6.07, 6.45) is 11.2. The molecule has 1 saturated heterocycles. The summed E-state index contributed by atoms with van der Waals surface area (Å²) in [7, 11) is 0. The van der Waals surface area contributed by atoms with Crippen molar-refractivity contribution < 1.29 is 9.18 Å². The highest BCUT2D eigenvalue weighted by Gasteiger charge is 2.27. The van der Waals surface area contributed by atoms with Gasteiger partial charge in [0.25, 0.3) is 5.91 Å². The molecule has 0 unspecified atom stereocenters. The van der Waals surface area contributed by atoms with Crippen molar-refractivity contribution >= 4 is 47.2 Å². The lowest BCUT2D eigenvalue weighted by atomic mass is 9.82. The molecule has 0 radical (unpaired) electrons. The Labute approximate surface area is 221 Å². The van der Waals surface area contributed by atoms with Gasteiger partial charge in [-0.15, -0.1) is 36.2 Å². The van der Waals surface area contributed by atoms with Crippen LogP contribution in [0.4, 0.5) is 9.52 Å². The summed E-state index contributed by atoms with van der Waals surface area (Å²) in [5.74, 6) is 0.341. The van der Waals surface area contributed by atoms with Crippen LogP contribution in [0.25, 0.3) is 5.82 Å². The van der Waals surface area contributed by atoms with Gasteiger partial charge in [-0.25, -0.2) is 19.0 Å². The number of nitrogens with zero attached hydrogens (tertiary/aromatic N) is 5. The minimum atomic E-state index is -0.413. The highest BCUT2D eigenvalue weighted by atomic mass is 35.5. The zero-order chi connectivity index (χ0) is 22.8. The smallest absolute Gasteiger partial charge is 0.260 e. The van der Waals surface area contributed by atoms with Gasteiger partial charge in [0.15, 0.2) is 10.9 Å². The van der Waals surface area contributed by atoms with Gasteiger partial charge in [-0.2, -0.15) is 5.10 Å². The lowest BCUT2D eigenvalue weighted by Gasteiger charge is -2.27. The van der Waals surface area contributed by atoms with Crippen molar-refractivity contribution in [3.63, 3.8) is 0 Å². The molecule has 0 bridgehead atoms. The van der Waals surface area contributed by atoms with Gasteiger partial charge >= 0.3 is 0 Å². The molecule has 1 aliphatic heterocycles. The average Bonchev–Trinajstić information content (AvgIpc) is 3.35. The minimum Gasteiger partial charge on any atom is -0.303 e. The lowest BCUT2D eigenvalue weighted by Crippen LogP contribution is -2.31. The highest BCUT2D eigenvalue weighted by molar-refractivity contribution is 7.15. The van der Waals surface area contributed by atoms with E-state index in [0.29, 0.717) is 28.1 Å². The fraction of sp³-hybridized carbons (Fsp3) is 0.500. The molecule has 7 nitrogen and oxygen atoms in total. The number of nitrogens with one attached hydrogen (secondary N) is 1. The number of piperidine rings is 1. The van der Waals surface area contributed by atoms with Crippen molar-refractivity contribution in [2.24, 2.45) is 0 Å². The number of amides is 1. The Kier molecular flexibility index (Phi) is 9.63. The molecule has 35 heavy (non-hydrogen) atoms. The number of carbonyl (C=O) groups excluding carboxylic acids is 1. The van der Waals surface area contributed by atoms with Crippen LogP contribution in [0.1, 0.15) is 71.1 Å². The van der Waals surface area contributed by atoms with Crippen LogP contribution in [0.15, 0.2) is 24.5 Å². The number of rotatable bonds is 7. The SMILES string of the molecule is Cc1c(C(=O)Nc2nc(C3CCC3)c(CCN3CCCCC3)s2)cnn1-c1ccc(F)cn1.Cl.Cl. The number of hydrogen-bond acceptors (Lipinski definition) is 6. The second kappa shape index (κ2) is 12.3. The normalized spacial score (nSPS) is 16.2. The first kappa shape index (κ1) is 27.5. The van der Waals surface area contributed by atoms with Gasteiger partial charge < -0.3 is 4.90 Å². The summed E-state index contributed by atoms with van der Waals surface area (Å²) < 4.78 is 14.7. The fourth-order valence-electron chi connectivity index (χ4n) is 4.56. The summed E-state index contributed by atoms with van der Waals surface area (Å²) in [5, 5.41) is 7.93. The van der Waals surface area contributed by atoms with Crippen molar-refractivity contribution in [2.45, 2.75) is 57.8 Å². The molecule has 0 atom stereocenters. The Bertz CT molecular complexity index is 1130. The molecule has 1 aliphatic carbocycles. The molecule has 190 valence electrons. The van der Waals surface area contributed by atoms with E-state index in [1.807, 2.05) is 0 Å². The Morgan fingerprint density at radius 3 is 2.57 bits per heavy atom. The van der Waals surface area contributed by atoms with E-state index in [1.165, 1.54) is 80.5 Å². The first-order valence-electron chi connectivity index (χ1n) is 11.8. The predicted octanol–water partition coefficient (Wildman–Crippen LogP) is 5.56. The van der Waals surface area contributed by atoms with E-state index in [0.717, 1.165) is 19.2 Å². The van der Waals surface area contributed by atoms with Crippen molar-refractivity contribution in [3.05, 3.63) is 52.2 Å². The number of hydrogen-bond donors (Lipinski definition) is 1. The summed E-state index contributed by atoms with van der Waals surface area (Å²) in [6, 6.07) is 2.86. The van der Waals surface area contributed by atoms with E-state index in [4.69, 9.17) is 4.98 Å². The summed E-state index contributed by atoms with van der Waals surface area (Å²) >= 11 is 1.61. The molecule has 2 aliphatic rings. The molecule has 3 aromatic rings. The number of halogens is 3. The fourth-order valence-corrected chi connectivity index (χ4v) is 5.59. The predicted molar refractivity (Wildman–Crippen MR) is 141 cm³/mol. The van der Waals surface area contributed by atoms with Crippen molar-refractivity contribution in [1.29, 1.82) is 0 Å². The van der Waals surface area contributed by atoms with Crippen LogP contribution >= 0.6 is 36.2 Å². The molecular formula is C24H31Cl2FN6OS. The van der Waals surface area contributed by atoms with Gasteiger partial charge in [0, 0.05) is 17.3 Å². The Hall–Kier alpha value is -2.07. The quantitative estimate of drug-likeness (QED) is 0.424. The van der Waals surface area contributed by atoms with Gasteiger partial charge in [-0.1, -0.05) is 12.8 Å². The standard InChI is InChI=1S/C24H29FN6OS.2ClH/c1-16-19(15-27-31(16)21-9-8-18(25)14-26-21)23(32)29-24-28-22(17-6-5-7-17)20(33-24)10-13-30-11-3-2-4-12-30;;/h8-9,14-15,17H,2-7,10-13H2,1H3,(H,28,29,32);2*1H. The van der Waals surface area contributed by atoms with E-state index in [1.54, 1.807) is 22.9 Å². The molecule has 1 saturated carbocycles. The number of aromatic nitrogens is 4. The van der Waals surface area contributed by atoms with Crippen molar-refractivity contribution in [3.8, 4) is 5.82 Å². The maximum Gasteiger partial charge on any atom is 0.260 e. The second-order valence-corrected chi connectivity index (χ2v) is 10.0. The van der Waals surface area contributed by atoms with E-state index in [2.05, 4.69) is 20.3 Å². The molecule has 11 heteroatoms. The third-order valence-electron chi connectivity index (χ3n) is 6.73. The number of anilines is 1. The molecule has 5 rings (SSSR count). The zero-order valence-electron chi connectivity index (χ0n) is 19.7. The molecule has 1 amide bonds. The molecule has 3 aromatic heterocycles. The molecule has 2 fully saturated rings. The Balaban J connectivity index is 0.00000171. The van der Waals surface area contributed by atoms with Gasteiger partial charge in [-0.3, -0.25) is 10.1 Å². The van der Waals surface area contributed by atoms with Gasteiger partial charge in [0.05, 0.1) is 29.3 Å². The maximum absolute atomic E-state index is 13.2. The first-order chi connectivity index (χ1) is 16.1. The third-order valence-corrected chi connectivity index (χ3v) is 7.77. The van der Waals surface area contributed by atoms with Crippen LogP contribution in [0, 0.1) is 12.7 Å². The van der Waals surface area contributed by atoms with E-state index < -0.39 is 5.82 Å². The van der Waals surface area contributed by atoms with Crippen LogP contribution in [-0.4, -0.2) is 50.2 Å². The molecule has 0 spiro atoms. The van der Waals surface area contributed by atoms with Crippen molar-refractivity contribution in [1.82, 2.24) is 24.6 Å². The van der Waals surface area contributed by atoms with E-state index in [-0.39, 0.29) is 30.7 Å². The molecule has 4 heterocycles. The van der Waals surface area contributed by atoms with Crippen LogP contribution in [0.5, 0.6) is 0 Å². The monoisotopic (exact) mass is 540 g/mol. The molecule has 0 aromatic carbocycles. The van der Waals surface area contributed by atoms with E-state index in [9.17, 15) is 9.18 Å². The van der Waals surface area contributed by atoms with Gasteiger partial charge in [-0.05, 0) is 64.3 Å². The zero-order valence-corrected chi connectivity index (χ0v) is 22.2. The average molecular weight is 542 g/mol. The number of likely N-dealkylation sites (tertiary alicyclic amines) is 1. The van der Waals surface area contributed by atoms with E-state index >= 15 is 0 Å². The van der Waals surface area contributed by atoms with Gasteiger partial charge in [0.2, 0.25) is 0 Å². The lowest BCUT2D eigenvalue weighted by molar-refractivity contribution is 0.102. The molecule has 1 N–H and O–H groups in total. The Morgan fingerprint density at radius 1 is 1.14 bits per heavy atom. The number of carbonyl (C=O) groups is 1. The number of pyridine rings is 1. The van der Waals surface area contributed by atoms with Crippen LogP contribution < -0.4 is 5.32 Å². The van der Waals surface area contributed by atoms with Crippen LogP contribution in [-0.2, 0) is 6.42 Å². The highest BCUT2D eigenvalue weighted by Crippen LogP contribution is 2.40. The largest absolute Gasteiger partial charge is 0.303 e.